The third kappa shape index (κ3) is 38.3. The lowest BCUT2D eigenvalue weighted by Crippen LogP contribution is -2.46. The zero-order valence-electron chi connectivity index (χ0n) is 72.7. The highest BCUT2D eigenvalue weighted by molar-refractivity contribution is 7.89. The van der Waals surface area contributed by atoms with Gasteiger partial charge in [0.05, 0.1) is 74.2 Å². The molecule has 0 spiro atoms. The number of aryl methyl sites for hydroxylation is 1. The summed E-state index contributed by atoms with van der Waals surface area (Å²) >= 11 is -5.07. The summed E-state index contributed by atoms with van der Waals surface area (Å²) in [6.07, 6.45) is 4.86. The van der Waals surface area contributed by atoms with Crippen LogP contribution in [-0.4, -0.2) is 254 Å². The summed E-state index contributed by atoms with van der Waals surface area (Å²) in [6.45, 7) is 6.03. The number of benzene rings is 7. The Morgan fingerprint density at radius 3 is 1.28 bits per heavy atom. The largest absolute Gasteiger partial charge is 0.755 e. The number of carbonyl (C=O) groups excluding carboxylic acids is 9. The summed E-state index contributed by atoms with van der Waals surface area (Å²) in [6, 6.07) is 38.4. The standard InChI is InChI=1S/C53H60N8O13S2.C34H51N7O11S2/c1-34-8-19-43-46(26-34)74-47-29-39(59(2)3)16-21-44(47)51(43)42-20-11-36(28-45(42)53(68)69)52(67)56-23-7-5-4-6-22-55-48(63)31-60(30-40(62)27-35-9-17-41(18-10-35)76(54,72)73)24-25-61(33-50(65)66)32-49(64)57-37-12-14-38(15-13-37)58-75(70)71;1-34(2,3)52-33(47)37-17-7-5-4-6-16-36-30(43)22-40(21-28(42)20-25-8-14-29(15-9-25)54(35,50)51)18-19-41(24-32(45)46)23-31(44)38-26-10-12-27(13-11-26)39-53(48)49/h8-21,26,28-29,56H,4-7,22-25,27,30-33H2,1-3H3,(H7,54,55,63,65,66,67,68,69,70,71,72,73);8-15,39H,4-7,16-24H2,1-3H3,(H,36,43)(H,37,47)(H,38,44)(H,45,46)(H,48,49)(H2,35,50,51)/p-2. The van der Waals surface area contributed by atoms with Crippen LogP contribution in [-0.2, 0) is 98.5 Å². The Balaban J connectivity index is 0.000000378. The summed E-state index contributed by atoms with van der Waals surface area (Å²) < 4.78 is 108. The van der Waals surface area contributed by atoms with E-state index in [1.807, 2.05) is 62.0 Å². The molecule has 0 saturated heterocycles. The molecule has 6 aromatic rings. The third-order valence-corrected chi connectivity index (χ3v) is 22.1. The number of alkyl carbamates (subject to hydrolysis) is 1. The average Bonchev–Trinajstić information content (AvgIpc) is 0.743. The number of Topliss-reactive ketones (excluding diaryl/α,β-unsaturated/α-hetero) is 2. The lowest BCUT2D eigenvalue weighted by molar-refractivity contribution is -0.255. The fourth-order valence-electron chi connectivity index (χ4n) is 13.3. The number of primary sulfonamides is 2. The van der Waals surface area contributed by atoms with Crippen molar-refractivity contribution in [1.29, 1.82) is 0 Å². The molecular formula is C87H109N15O24S4-2. The van der Waals surface area contributed by atoms with Crippen LogP contribution in [0.5, 0.6) is 0 Å². The minimum Gasteiger partial charge on any atom is -0.755 e. The van der Waals surface area contributed by atoms with Gasteiger partial charge in [-0.05, 0) is 173 Å². The molecule has 43 heteroatoms. The van der Waals surface area contributed by atoms with Crippen molar-refractivity contribution in [3.05, 3.63) is 185 Å². The topological polar surface area (TPSA) is 586 Å². The number of unbranched alkanes of at least 4 members (excludes halogenated alkanes) is 6. The molecule has 39 nitrogen and oxygen atoms in total. The number of ketones is 2. The van der Waals surface area contributed by atoms with Crippen LogP contribution < -0.4 is 66.7 Å². The predicted molar refractivity (Wildman–Crippen MR) is 483 cm³/mol. The Morgan fingerprint density at radius 1 is 0.477 bits per heavy atom. The molecule has 2 atom stereocenters. The molecule has 14 N–H and O–H groups in total. The number of fused-ring (bicyclic) bond motifs is 2. The minimum atomic E-state index is -3.96. The van der Waals surface area contributed by atoms with Crippen LogP contribution in [0.4, 0.5) is 27.5 Å². The van der Waals surface area contributed by atoms with E-state index < -0.39 is 109 Å². The van der Waals surface area contributed by atoms with E-state index in [1.165, 1.54) is 123 Å². The van der Waals surface area contributed by atoms with Gasteiger partial charge in [0.15, 0.2) is 11.6 Å². The number of aromatic carboxylic acids is 1. The van der Waals surface area contributed by atoms with Crippen molar-refractivity contribution < 1.29 is 112 Å². The van der Waals surface area contributed by atoms with Crippen LogP contribution in [0.25, 0.3) is 33.4 Å². The molecule has 0 radical (unpaired) electrons. The number of aliphatic carboxylic acids is 2. The summed E-state index contributed by atoms with van der Waals surface area (Å²) in [5.74, 6) is -6.30. The lowest BCUT2D eigenvalue weighted by Gasteiger charge is -2.26. The smallest absolute Gasteiger partial charge is 0.407 e. The molecule has 0 aromatic heterocycles. The van der Waals surface area contributed by atoms with Gasteiger partial charge in [0.1, 0.15) is 31.0 Å². The van der Waals surface area contributed by atoms with Crippen molar-refractivity contribution >= 4 is 141 Å². The molecular weight excluding hydrogens is 1770 g/mol. The van der Waals surface area contributed by atoms with Crippen molar-refractivity contribution in [2.75, 3.05) is 139 Å². The van der Waals surface area contributed by atoms with Gasteiger partial charge in [-0.2, -0.15) is 0 Å². The first kappa shape index (κ1) is 105. The van der Waals surface area contributed by atoms with Crippen molar-refractivity contribution in [2.24, 2.45) is 10.3 Å². The molecule has 0 fully saturated rings. The number of amides is 6. The van der Waals surface area contributed by atoms with Crippen molar-refractivity contribution in [3.63, 3.8) is 0 Å². The monoisotopic (exact) mass is 1880 g/mol. The Labute approximate surface area is 757 Å². The number of sulfonamides is 2. The Hall–Kier alpha value is -12.1. The second kappa shape index (κ2) is 51.3. The van der Waals surface area contributed by atoms with Crippen molar-refractivity contribution in [1.82, 2.24) is 45.4 Å². The first-order valence-corrected chi connectivity index (χ1v) is 46.4. The molecule has 1 aliphatic heterocycles. The minimum absolute atomic E-state index is 0.00115. The van der Waals surface area contributed by atoms with Crippen LogP contribution in [0.2, 0.25) is 0 Å². The highest BCUT2D eigenvalue weighted by atomic mass is 32.2. The van der Waals surface area contributed by atoms with Gasteiger partial charge in [-0.3, -0.25) is 71.2 Å². The van der Waals surface area contributed by atoms with Gasteiger partial charge in [-0.25, -0.2) is 36.5 Å². The van der Waals surface area contributed by atoms with E-state index in [9.17, 15) is 102 Å². The van der Waals surface area contributed by atoms with Crippen molar-refractivity contribution in [2.45, 2.75) is 107 Å². The highest BCUT2D eigenvalue weighted by Crippen LogP contribution is 2.42. The van der Waals surface area contributed by atoms with Gasteiger partial charge >= 0.3 is 18.0 Å². The highest BCUT2D eigenvalue weighted by Gasteiger charge is 2.26. The van der Waals surface area contributed by atoms with E-state index in [-0.39, 0.29) is 135 Å². The fraction of sp³-hybridized carbons (Fsp3) is 0.379. The van der Waals surface area contributed by atoms with Crippen molar-refractivity contribution in [3.8, 4) is 22.5 Å². The fourth-order valence-corrected chi connectivity index (χ4v) is 15.0. The van der Waals surface area contributed by atoms with Crippen LogP contribution in [0.1, 0.15) is 110 Å². The van der Waals surface area contributed by atoms with Gasteiger partial charge in [0.25, 0.3) is 5.91 Å². The summed E-state index contributed by atoms with van der Waals surface area (Å²) in [7, 11) is -4.06. The maximum absolute atomic E-state index is 13.3. The molecule has 1 heterocycles. The number of hydrogen-bond acceptors (Lipinski definition) is 26. The molecule has 1 aliphatic carbocycles. The summed E-state index contributed by atoms with van der Waals surface area (Å²) in [5, 5.41) is 60.2. The van der Waals surface area contributed by atoms with Gasteiger partial charge in [-0.1, -0.05) is 68.1 Å². The molecule has 0 saturated carbocycles. The molecule has 8 rings (SSSR count). The Bertz CT molecular complexity index is 5620. The average molecular weight is 1880 g/mol. The zero-order valence-corrected chi connectivity index (χ0v) is 76.0. The normalized spacial score (nSPS) is 12.0. The molecule has 2 unspecified atom stereocenters. The molecule has 702 valence electrons. The maximum atomic E-state index is 13.3. The maximum Gasteiger partial charge on any atom is 0.407 e. The number of carboxylic acids is 3. The third-order valence-electron chi connectivity index (χ3n) is 19.5. The van der Waals surface area contributed by atoms with Gasteiger partial charge < -0.3 is 79.7 Å². The lowest BCUT2D eigenvalue weighted by atomic mass is 9.89. The van der Waals surface area contributed by atoms with E-state index in [2.05, 4.69) is 41.3 Å². The SMILES string of the molecule is CC(C)(C)OC(=O)NCCCCCCNC(=O)CN(CCN(CC(=O)O)CC(=O)Nc1ccc(NS(=O)[O-])cc1)CC(=O)Cc1ccc(S(N)(=O)=O)cc1.Cc1ccc2c(-c3ccc(C(=O)NCCCCCCNC(=O)CN(CCN(CC(=O)O)CC(=O)Nc4ccc(NS(=O)[O-])cc4)CC(=O)Cc4ccc(S(N)(=O)=O)cc4)cc3C(=O)[O-])c3ccc(=[N+](C)C)cc-3oc2c1. The van der Waals surface area contributed by atoms with Gasteiger partial charge in [0.2, 0.25) is 49.0 Å². The Morgan fingerprint density at radius 2 is 0.877 bits per heavy atom. The molecule has 0 bridgehead atoms. The number of carboxylic acid groups (broad SMARTS) is 3. The molecule has 130 heavy (non-hydrogen) atoms. The number of carbonyl (C=O) groups is 11. The molecule has 6 amide bonds. The van der Waals surface area contributed by atoms with Crippen LogP contribution >= 0.6 is 0 Å². The Kier molecular flexibility index (Phi) is 41.4. The number of nitrogens with two attached hydrogens (primary N) is 2. The quantitative estimate of drug-likeness (QED) is 0.0112. The van der Waals surface area contributed by atoms with Gasteiger partial charge in [0, 0.05) is 144 Å². The number of anilines is 4. The number of nitrogens with zero attached hydrogens (tertiary/aromatic N) is 5. The van der Waals surface area contributed by atoms with Crippen LogP contribution in [0.15, 0.2) is 166 Å². The van der Waals surface area contributed by atoms with E-state index in [0.717, 1.165) is 30.2 Å². The van der Waals surface area contributed by atoms with E-state index in [4.69, 9.17) is 19.4 Å². The molecule has 2 aliphatic rings. The van der Waals surface area contributed by atoms with E-state index in [0.29, 0.717) is 108 Å². The molecule has 6 aromatic carbocycles. The predicted octanol–water partition coefficient (Wildman–Crippen LogP) is 3.49. The number of nitrogens with one attached hydrogen (secondary N) is 8. The summed E-state index contributed by atoms with van der Waals surface area (Å²) in [5.41, 5.74) is 4.88. The van der Waals surface area contributed by atoms with Crippen LogP contribution in [0.3, 0.4) is 0 Å². The number of rotatable bonds is 51. The summed E-state index contributed by atoms with van der Waals surface area (Å²) in [4.78, 5) is 145. The number of ether oxygens (including phenoxy) is 1. The second-order valence-corrected chi connectivity index (χ2v) is 36.1. The van der Waals surface area contributed by atoms with E-state index >= 15 is 0 Å². The second-order valence-electron chi connectivity index (χ2n) is 31.7. The van der Waals surface area contributed by atoms with E-state index in [1.54, 1.807) is 32.9 Å². The van der Waals surface area contributed by atoms with Gasteiger partial charge in [-0.15, -0.1) is 0 Å². The first-order valence-electron chi connectivity index (χ1n) is 41.2. The number of hydrogen-bond donors (Lipinski definition) is 12. The first-order chi connectivity index (χ1) is 61.4. The zero-order chi connectivity index (χ0) is 95.4. The van der Waals surface area contributed by atoms with Crippen LogP contribution in [0, 0.1) is 6.92 Å².